The second kappa shape index (κ2) is 7.28. The zero-order valence-electron chi connectivity index (χ0n) is 16.0. The van der Waals surface area contributed by atoms with Crippen molar-refractivity contribution in [1.29, 1.82) is 0 Å². The van der Waals surface area contributed by atoms with Crippen molar-refractivity contribution in [3.05, 3.63) is 63.6 Å². The molecule has 1 aromatic heterocycles. The van der Waals surface area contributed by atoms with Crippen LogP contribution in [0, 0.1) is 19.8 Å². The van der Waals surface area contributed by atoms with Gasteiger partial charge in [-0.1, -0.05) is 11.6 Å². The number of aliphatic carboxylic acids is 2. The van der Waals surface area contributed by atoms with E-state index in [1.165, 1.54) is 0 Å². The Morgan fingerprint density at radius 3 is 2.18 bits per heavy atom. The molecule has 0 amide bonds. The van der Waals surface area contributed by atoms with Crippen molar-refractivity contribution in [2.45, 2.75) is 33.6 Å². The second-order valence-electron chi connectivity index (χ2n) is 7.01. The highest BCUT2D eigenvalue weighted by atomic mass is 35.5. The molecule has 6 nitrogen and oxygen atoms in total. The van der Waals surface area contributed by atoms with E-state index in [0.717, 1.165) is 17.1 Å². The quantitative estimate of drug-likeness (QED) is 0.797. The van der Waals surface area contributed by atoms with Crippen LogP contribution < -0.4 is 0 Å². The molecule has 0 aliphatic carbocycles. The van der Waals surface area contributed by atoms with E-state index < -0.39 is 23.8 Å². The summed E-state index contributed by atoms with van der Waals surface area (Å²) in [6, 6.07) is 9.25. The number of aliphatic imine (C=N–C) groups is 1. The number of carbonyl (C=O) groups is 2. The summed E-state index contributed by atoms with van der Waals surface area (Å²) in [5, 5.41) is 19.9. The lowest BCUT2D eigenvalue weighted by Crippen LogP contribution is -2.35. The summed E-state index contributed by atoms with van der Waals surface area (Å²) in [6.07, 6.45) is 0. The SMILES string of the molecule is CC1=NC(C)=C(C(=O)O)C(c2cc(-n3c(C)ccc3C)ccc2Cl)C1C(=O)O. The molecule has 1 aliphatic heterocycles. The minimum absolute atomic E-state index is 0.0435. The first-order chi connectivity index (χ1) is 13.1. The largest absolute Gasteiger partial charge is 0.481 e. The van der Waals surface area contributed by atoms with Gasteiger partial charge in [-0.3, -0.25) is 9.79 Å². The van der Waals surface area contributed by atoms with Crippen LogP contribution in [0.3, 0.4) is 0 Å². The van der Waals surface area contributed by atoms with Gasteiger partial charge in [0, 0.05) is 39.4 Å². The summed E-state index contributed by atoms with van der Waals surface area (Å²) in [5.41, 5.74) is 3.88. The average Bonchev–Trinajstić information content (AvgIpc) is 2.92. The Morgan fingerprint density at radius 2 is 1.64 bits per heavy atom. The number of hydrogen-bond donors (Lipinski definition) is 2. The van der Waals surface area contributed by atoms with Gasteiger partial charge in [0.1, 0.15) is 5.92 Å². The molecule has 2 aromatic rings. The first-order valence-corrected chi connectivity index (χ1v) is 9.18. The fourth-order valence-corrected chi connectivity index (χ4v) is 4.19. The molecule has 0 saturated carbocycles. The molecule has 2 atom stereocenters. The zero-order valence-corrected chi connectivity index (χ0v) is 16.8. The number of allylic oxidation sites excluding steroid dienone is 1. The van der Waals surface area contributed by atoms with Gasteiger partial charge in [-0.2, -0.15) is 0 Å². The van der Waals surface area contributed by atoms with Crippen LogP contribution in [0.4, 0.5) is 0 Å². The first-order valence-electron chi connectivity index (χ1n) is 8.80. The molecule has 0 bridgehead atoms. The van der Waals surface area contributed by atoms with Gasteiger partial charge in [0.2, 0.25) is 0 Å². The van der Waals surface area contributed by atoms with Gasteiger partial charge >= 0.3 is 11.9 Å². The van der Waals surface area contributed by atoms with E-state index in [0.29, 0.717) is 22.0 Å². The van der Waals surface area contributed by atoms with Crippen LogP contribution in [0.25, 0.3) is 5.69 Å². The molecule has 0 spiro atoms. The van der Waals surface area contributed by atoms with E-state index >= 15 is 0 Å². The van der Waals surface area contributed by atoms with Gasteiger partial charge < -0.3 is 14.8 Å². The van der Waals surface area contributed by atoms with E-state index in [1.54, 1.807) is 26.0 Å². The number of benzene rings is 1. The highest BCUT2D eigenvalue weighted by molar-refractivity contribution is 6.31. The minimum Gasteiger partial charge on any atom is -0.481 e. The van der Waals surface area contributed by atoms with Crippen LogP contribution in [0.15, 0.2) is 46.6 Å². The molecule has 3 rings (SSSR count). The third-order valence-corrected chi connectivity index (χ3v) is 5.51. The van der Waals surface area contributed by atoms with E-state index in [2.05, 4.69) is 4.99 Å². The lowest BCUT2D eigenvalue weighted by molar-refractivity contribution is -0.140. The van der Waals surface area contributed by atoms with Crippen LogP contribution in [-0.2, 0) is 9.59 Å². The number of aryl methyl sites for hydroxylation is 2. The van der Waals surface area contributed by atoms with Crippen molar-refractivity contribution in [3.63, 3.8) is 0 Å². The summed E-state index contributed by atoms with van der Waals surface area (Å²) in [4.78, 5) is 28.2. The molecular weight excluding hydrogens is 380 g/mol. The van der Waals surface area contributed by atoms with Gasteiger partial charge in [0.15, 0.2) is 0 Å². The van der Waals surface area contributed by atoms with Crippen molar-refractivity contribution < 1.29 is 19.8 Å². The number of halogens is 1. The fraction of sp³-hybridized carbons (Fsp3) is 0.286. The molecule has 146 valence electrons. The highest BCUT2D eigenvalue weighted by Crippen LogP contribution is 2.42. The number of carboxylic acid groups (broad SMARTS) is 2. The Kier molecular flexibility index (Phi) is 5.17. The van der Waals surface area contributed by atoms with Crippen LogP contribution in [0.1, 0.15) is 36.7 Å². The maximum Gasteiger partial charge on any atom is 0.334 e. The Bertz CT molecular complexity index is 1030. The van der Waals surface area contributed by atoms with Gasteiger partial charge in [-0.15, -0.1) is 0 Å². The van der Waals surface area contributed by atoms with E-state index in [1.807, 2.05) is 36.6 Å². The average molecular weight is 401 g/mol. The lowest BCUT2D eigenvalue weighted by Gasteiger charge is -2.30. The standard InChI is InChI=1S/C21H21ClN2O4/c1-10-5-6-11(2)24(10)14-7-8-16(22)15(9-14)19-17(20(25)26)12(3)23-13(4)18(19)21(27)28/h5-9,17,19H,1-4H3,(H,25,26)(H,27,28). The Balaban J connectivity index is 2.27. The van der Waals surface area contributed by atoms with E-state index in [-0.39, 0.29) is 5.57 Å². The fourth-order valence-electron chi connectivity index (χ4n) is 3.96. The molecular formula is C21H21ClN2O4. The molecule has 0 radical (unpaired) electrons. The van der Waals surface area contributed by atoms with Gasteiger partial charge in [0.25, 0.3) is 0 Å². The lowest BCUT2D eigenvalue weighted by atomic mass is 9.75. The molecule has 1 aromatic carbocycles. The molecule has 2 N–H and O–H groups in total. The molecule has 7 heteroatoms. The van der Waals surface area contributed by atoms with Crippen LogP contribution in [0.5, 0.6) is 0 Å². The van der Waals surface area contributed by atoms with Gasteiger partial charge in [-0.05, 0) is 63.6 Å². The minimum atomic E-state index is -1.19. The van der Waals surface area contributed by atoms with Crippen LogP contribution in [0.2, 0.25) is 5.02 Å². The number of aromatic nitrogens is 1. The summed E-state index contributed by atoms with van der Waals surface area (Å²) >= 11 is 6.45. The molecule has 1 aliphatic rings. The monoisotopic (exact) mass is 400 g/mol. The van der Waals surface area contributed by atoms with E-state index in [4.69, 9.17) is 11.6 Å². The summed E-state index contributed by atoms with van der Waals surface area (Å²) in [5.74, 6) is -4.36. The van der Waals surface area contributed by atoms with Crippen LogP contribution >= 0.6 is 11.6 Å². The predicted molar refractivity (Wildman–Crippen MR) is 108 cm³/mol. The van der Waals surface area contributed by atoms with Crippen molar-refractivity contribution in [1.82, 2.24) is 4.57 Å². The summed E-state index contributed by atoms with van der Waals surface area (Å²) < 4.78 is 2.01. The van der Waals surface area contributed by atoms with Crippen molar-refractivity contribution in [3.8, 4) is 5.69 Å². The zero-order chi connectivity index (χ0) is 20.7. The predicted octanol–water partition coefficient (Wildman–Crippen LogP) is 4.37. The van der Waals surface area contributed by atoms with Crippen molar-refractivity contribution in [2.75, 3.05) is 0 Å². The smallest absolute Gasteiger partial charge is 0.334 e. The maximum absolute atomic E-state index is 12.0. The number of rotatable bonds is 4. The normalized spacial score (nSPS) is 19.5. The topological polar surface area (TPSA) is 91.9 Å². The molecule has 0 fully saturated rings. The Labute approximate surface area is 167 Å². The molecule has 0 saturated heterocycles. The van der Waals surface area contributed by atoms with Crippen molar-refractivity contribution in [2.24, 2.45) is 10.9 Å². The molecule has 2 unspecified atom stereocenters. The summed E-state index contributed by atoms with van der Waals surface area (Å²) in [6.45, 7) is 7.11. The molecule has 28 heavy (non-hydrogen) atoms. The third-order valence-electron chi connectivity index (χ3n) is 5.17. The number of nitrogens with zero attached hydrogens (tertiary/aromatic N) is 2. The van der Waals surface area contributed by atoms with Crippen LogP contribution in [-0.4, -0.2) is 32.4 Å². The summed E-state index contributed by atoms with van der Waals surface area (Å²) in [7, 11) is 0. The highest BCUT2D eigenvalue weighted by Gasteiger charge is 2.42. The third kappa shape index (κ3) is 3.24. The Hall–Kier alpha value is -2.86. The maximum atomic E-state index is 12.0. The first kappa shape index (κ1) is 19.9. The van der Waals surface area contributed by atoms with Gasteiger partial charge in [0.05, 0.1) is 5.57 Å². The Morgan fingerprint density at radius 1 is 1.04 bits per heavy atom. The number of carboxylic acids is 2. The second-order valence-corrected chi connectivity index (χ2v) is 7.42. The molecule has 2 heterocycles. The van der Waals surface area contributed by atoms with E-state index in [9.17, 15) is 19.8 Å². The van der Waals surface area contributed by atoms with Gasteiger partial charge in [-0.25, -0.2) is 4.79 Å². The van der Waals surface area contributed by atoms with Crippen molar-refractivity contribution >= 4 is 29.3 Å². The number of hydrogen-bond acceptors (Lipinski definition) is 3.